The van der Waals surface area contributed by atoms with Crippen molar-refractivity contribution in [3.63, 3.8) is 0 Å². The maximum atomic E-state index is 12.1. The standard InChI is InChI=1S/C22H23N5O/c1-22(21(23)28)11-6-7-15-16(10-12-22)20(18-9-3-5-14-25-18)27-26-19(15)17-8-2-4-13-24-17/h2-5,7-9,13-14,16H,6,10-12H2,1H3,(H2,23,28)/b15-7+/t16?,22-/m0/s1. The van der Waals surface area contributed by atoms with Crippen molar-refractivity contribution < 1.29 is 4.79 Å². The van der Waals surface area contributed by atoms with Crippen LogP contribution < -0.4 is 5.73 Å². The molecule has 2 aliphatic rings. The van der Waals surface area contributed by atoms with Gasteiger partial charge in [0.15, 0.2) is 0 Å². The van der Waals surface area contributed by atoms with E-state index in [0.29, 0.717) is 6.42 Å². The van der Waals surface area contributed by atoms with Gasteiger partial charge in [-0.25, -0.2) is 0 Å². The average molecular weight is 373 g/mol. The van der Waals surface area contributed by atoms with Crippen molar-refractivity contribution in [3.05, 3.63) is 71.8 Å². The zero-order valence-electron chi connectivity index (χ0n) is 15.9. The Morgan fingerprint density at radius 1 is 1.04 bits per heavy atom. The van der Waals surface area contributed by atoms with E-state index in [1.807, 2.05) is 43.3 Å². The molecule has 6 nitrogen and oxygen atoms in total. The van der Waals surface area contributed by atoms with Crippen LogP contribution in [0.1, 0.15) is 44.0 Å². The van der Waals surface area contributed by atoms with E-state index in [1.54, 1.807) is 12.4 Å². The third-order valence-corrected chi connectivity index (χ3v) is 5.71. The first-order valence-corrected chi connectivity index (χ1v) is 9.57. The largest absolute Gasteiger partial charge is 0.369 e. The molecule has 2 atom stereocenters. The van der Waals surface area contributed by atoms with Crippen LogP contribution in [-0.2, 0) is 4.79 Å². The molecule has 0 saturated heterocycles. The molecular formula is C22H23N5O. The number of nitrogens with two attached hydrogens (primary N) is 1. The first-order valence-electron chi connectivity index (χ1n) is 9.57. The van der Waals surface area contributed by atoms with Crippen molar-refractivity contribution in [2.75, 3.05) is 0 Å². The number of fused-ring (bicyclic) bond motifs is 1. The molecule has 0 aromatic carbocycles. The van der Waals surface area contributed by atoms with E-state index < -0.39 is 5.41 Å². The van der Waals surface area contributed by atoms with Crippen molar-refractivity contribution in [3.8, 4) is 0 Å². The average Bonchev–Trinajstić information content (AvgIpc) is 2.72. The molecule has 0 radical (unpaired) electrons. The molecule has 0 saturated carbocycles. The van der Waals surface area contributed by atoms with Gasteiger partial charge in [0, 0.05) is 23.7 Å². The lowest BCUT2D eigenvalue weighted by atomic mass is 9.72. The highest BCUT2D eigenvalue weighted by atomic mass is 16.1. The summed E-state index contributed by atoms with van der Waals surface area (Å²) in [6.45, 7) is 1.96. The van der Waals surface area contributed by atoms with Gasteiger partial charge in [0.05, 0.1) is 17.1 Å². The van der Waals surface area contributed by atoms with E-state index in [0.717, 1.165) is 47.6 Å². The second-order valence-corrected chi connectivity index (χ2v) is 7.58. The summed E-state index contributed by atoms with van der Waals surface area (Å²) in [5, 5.41) is 9.08. The molecule has 2 N–H and O–H groups in total. The molecule has 6 heteroatoms. The van der Waals surface area contributed by atoms with Crippen molar-refractivity contribution in [2.45, 2.75) is 32.6 Å². The van der Waals surface area contributed by atoms with Crippen molar-refractivity contribution in [1.29, 1.82) is 0 Å². The maximum absolute atomic E-state index is 12.1. The lowest BCUT2D eigenvalue weighted by Crippen LogP contribution is -2.37. The Hall–Kier alpha value is -3.15. The molecular weight excluding hydrogens is 350 g/mol. The molecule has 2 aromatic rings. The monoisotopic (exact) mass is 373 g/mol. The Balaban J connectivity index is 1.81. The SMILES string of the molecule is C[C@]1(C(N)=O)CC/C=C2/C(c3ccccn3)=NN=C(c3ccccn3)C2CC1. The summed E-state index contributed by atoms with van der Waals surface area (Å²) in [5.41, 5.74) is 9.56. The number of rotatable bonds is 3. The number of nitrogens with zero attached hydrogens (tertiary/aromatic N) is 4. The van der Waals surface area contributed by atoms with Crippen molar-refractivity contribution in [2.24, 2.45) is 27.3 Å². The summed E-state index contributed by atoms with van der Waals surface area (Å²) >= 11 is 0. The first kappa shape index (κ1) is 18.2. The fourth-order valence-electron chi connectivity index (χ4n) is 3.90. The number of carbonyl (C=O) groups excluding carboxylic acids is 1. The Morgan fingerprint density at radius 3 is 2.39 bits per heavy atom. The predicted octanol–water partition coefficient (Wildman–Crippen LogP) is 3.29. The Labute approximate surface area is 164 Å². The van der Waals surface area contributed by atoms with E-state index in [2.05, 4.69) is 26.2 Å². The summed E-state index contributed by atoms with van der Waals surface area (Å²) in [5.74, 6) is -0.238. The molecule has 1 unspecified atom stereocenters. The summed E-state index contributed by atoms with van der Waals surface area (Å²) in [7, 11) is 0. The molecule has 3 heterocycles. The van der Waals surface area contributed by atoms with E-state index in [-0.39, 0.29) is 11.8 Å². The highest BCUT2D eigenvalue weighted by Gasteiger charge is 2.37. The second kappa shape index (κ2) is 7.46. The minimum Gasteiger partial charge on any atom is -0.369 e. The molecule has 142 valence electrons. The van der Waals surface area contributed by atoms with Crippen LogP contribution in [0.4, 0.5) is 0 Å². The van der Waals surface area contributed by atoms with Gasteiger partial charge in [-0.15, -0.1) is 5.10 Å². The lowest BCUT2D eigenvalue weighted by Gasteiger charge is -2.33. The third kappa shape index (κ3) is 3.38. The highest BCUT2D eigenvalue weighted by molar-refractivity contribution is 6.19. The normalized spacial score (nSPS) is 26.6. The number of carbonyl (C=O) groups is 1. The number of hydrogen-bond acceptors (Lipinski definition) is 5. The molecule has 0 spiro atoms. The zero-order chi connectivity index (χ0) is 19.6. The number of hydrogen-bond donors (Lipinski definition) is 1. The van der Waals surface area contributed by atoms with Crippen LogP contribution in [0.2, 0.25) is 0 Å². The van der Waals surface area contributed by atoms with Gasteiger partial charge in [-0.3, -0.25) is 14.8 Å². The summed E-state index contributed by atoms with van der Waals surface area (Å²) < 4.78 is 0. The van der Waals surface area contributed by atoms with Gasteiger partial charge >= 0.3 is 0 Å². The van der Waals surface area contributed by atoms with Gasteiger partial charge in [0.25, 0.3) is 0 Å². The number of primary amides is 1. The zero-order valence-corrected chi connectivity index (χ0v) is 15.9. The maximum Gasteiger partial charge on any atom is 0.223 e. The predicted molar refractivity (Wildman–Crippen MR) is 109 cm³/mol. The Bertz CT molecular complexity index is 965. The number of aromatic nitrogens is 2. The number of amides is 1. The van der Waals surface area contributed by atoms with Crippen LogP contribution in [-0.4, -0.2) is 27.3 Å². The van der Waals surface area contributed by atoms with Gasteiger partial charge in [-0.1, -0.05) is 25.1 Å². The third-order valence-electron chi connectivity index (χ3n) is 5.71. The van der Waals surface area contributed by atoms with E-state index in [4.69, 9.17) is 5.73 Å². The summed E-state index contributed by atoms with van der Waals surface area (Å²) in [6, 6.07) is 11.6. The lowest BCUT2D eigenvalue weighted by molar-refractivity contribution is -0.127. The molecule has 2 aromatic heterocycles. The highest BCUT2D eigenvalue weighted by Crippen LogP contribution is 2.38. The van der Waals surface area contributed by atoms with Crippen molar-refractivity contribution in [1.82, 2.24) is 9.97 Å². The first-order chi connectivity index (χ1) is 13.6. The number of pyridine rings is 2. The van der Waals surface area contributed by atoms with Crippen LogP contribution in [0, 0.1) is 11.3 Å². The molecule has 4 rings (SSSR count). The molecule has 1 aliphatic heterocycles. The molecule has 28 heavy (non-hydrogen) atoms. The minimum atomic E-state index is -0.517. The van der Waals surface area contributed by atoms with E-state index in [1.165, 1.54) is 0 Å². The van der Waals surface area contributed by atoms with Gasteiger partial charge in [0.1, 0.15) is 5.71 Å². The van der Waals surface area contributed by atoms with E-state index in [9.17, 15) is 4.79 Å². The van der Waals surface area contributed by atoms with Crippen molar-refractivity contribution >= 4 is 17.3 Å². The van der Waals surface area contributed by atoms with Crippen LogP contribution >= 0.6 is 0 Å². The van der Waals surface area contributed by atoms with Gasteiger partial charge in [0.2, 0.25) is 5.91 Å². The van der Waals surface area contributed by atoms with E-state index >= 15 is 0 Å². The Morgan fingerprint density at radius 2 is 1.75 bits per heavy atom. The molecule has 1 aliphatic carbocycles. The fraction of sp³-hybridized carbons (Fsp3) is 0.318. The minimum absolute atomic E-state index is 0.00313. The van der Waals surface area contributed by atoms with Crippen LogP contribution in [0.5, 0.6) is 0 Å². The van der Waals surface area contributed by atoms with Crippen LogP contribution in [0.25, 0.3) is 0 Å². The smallest absolute Gasteiger partial charge is 0.223 e. The Kier molecular flexibility index (Phi) is 4.86. The second-order valence-electron chi connectivity index (χ2n) is 7.58. The fourth-order valence-corrected chi connectivity index (χ4v) is 3.90. The summed E-state index contributed by atoms with van der Waals surface area (Å²) in [6.07, 6.45) is 8.64. The van der Waals surface area contributed by atoms with Crippen LogP contribution in [0.15, 0.2) is 70.6 Å². The van der Waals surface area contributed by atoms with Gasteiger partial charge < -0.3 is 5.73 Å². The van der Waals surface area contributed by atoms with Gasteiger partial charge in [-0.2, -0.15) is 5.10 Å². The topological polar surface area (TPSA) is 93.6 Å². The summed E-state index contributed by atoms with van der Waals surface area (Å²) in [4.78, 5) is 21.0. The van der Waals surface area contributed by atoms with Gasteiger partial charge in [-0.05, 0) is 55.5 Å². The molecule has 0 bridgehead atoms. The van der Waals surface area contributed by atoms with Crippen LogP contribution in [0.3, 0.4) is 0 Å². The molecule has 1 amide bonds. The molecule has 0 fully saturated rings. The number of allylic oxidation sites excluding steroid dienone is 2. The quantitative estimate of drug-likeness (QED) is 0.894.